The molecule has 0 spiro atoms. The first-order valence-electron chi connectivity index (χ1n) is 7.30. The molecule has 0 aliphatic carbocycles. The number of thioether (sulfide) groups is 1. The van der Waals surface area contributed by atoms with Crippen LogP contribution in [0.15, 0.2) is 52.9 Å². The zero-order valence-electron chi connectivity index (χ0n) is 13.2. The number of hydrogen-bond donors (Lipinski definition) is 1. The van der Waals surface area contributed by atoms with Gasteiger partial charge in [-0.2, -0.15) is 0 Å². The average Bonchev–Trinajstić information content (AvgIpc) is 3.07. The number of aromatic nitrogens is 2. The van der Waals surface area contributed by atoms with Crippen LogP contribution in [0.5, 0.6) is 5.75 Å². The third-order valence-corrected chi connectivity index (χ3v) is 5.43. The summed E-state index contributed by atoms with van der Waals surface area (Å²) in [7, 11) is 1.59. The molecule has 1 aromatic heterocycles. The normalized spacial score (nSPS) is 10.5. The number of carbonyl (C=O) groups is 1. The van der Waals surface area contributed by atoms with Crippen LogP contribution in [0.4, 0.5) is 10.8 Å². The molecule has 0 unspecified atom stereocenters. The molecule has 3 aromatic rings. The highest BCUT2D eigenvalue weighted by Crippen LogP contribution is 2.29. The van der Waals surface area contributed by atoms with Gasteiger partial charge < -0.3 is 10.1 Å². The van der Waals surface area contributed by atoms with Crippen LogP contribution in [0.1, 0.15) is 10.4 Å². The standard InChI is InChI=1S/C17H14ClN3O2S2/c1-23-14-7-5-11(6-8-14)15(22)10-24-17-21-20-16(25-17)19-13-4-2-3-12(18)9-13/h2-9H,10H2,1H3,(H,19,20). The molecule has 0 saturated heterocycles. The molecule has 25 heavy (non-hydrogen) atoms. The first-order valence-corrected chi connectivity index (χ1v) is 9.48. The van der Waals surface area contributed by atoms with Gasteiger partial charge in [0.15, 0.2) is 10.1 Å². The number of ketones is 1. The van der Waals surface area contributed by atoms with Gasteiger partial charge in [-0.15, -0.1) is 10.2 Å². The summed E-state index contributed by atoms with van der Waals surface area (Å²) in [6.45, 7) is 0. The van der Waals surface area contributed by atoms with Gasteiger partial charge in [0.1, 0.15) is 5.75 Å². The van der Waals surface area contributed by atoms with E-state index in [0.717, 1.165) is 15.8 Å². The van der Waals surface area contributed by atoms with Gasteiger partial charge in [-0.1, -0.05) is 40.8 Å². The van der Waals surface area contributed by atoms with Crippen molar-refractivity contribution in [2.24, 2.45) is 0 Å². The van der Waals surface area contributed by atoms with Gasteiger partial charge in [0.2, 0.25) is 5.13 Å². The first kappa shape index (κ1) is 17.7. The Morgan fingerprint density at radius 2 is 2.04 bits per heavy atom. The van der Waals surface area contributed by atoms with Gasteiger partial charge in [0, 0.05) is 16.3 Å². The van der Waals surface area contributed by atoms with Crippen LogP contribution in [-0.4, -0.2) is 28.8 Å². The number of hydrogen-bond acceptors (Lipinski definition) is 7. The van der Waals surface area contributed by atoms with Crippen molar-refractivity contribution < 1.29 is 9.53 Å². The summed E-state index contributed by atoms with van der Waals surface area (Å²) in [5.41, 5.74) is 1.49. The molecule has 0 saturated carbocycles. The number of Topliss-reactive ketones (excluding diaryl/α,β-unsaturated/α-hetero) is 1. The number of halogens is 1. The van der Waals surface area contributed by atoms with Gasteiger partial charge in [0.25, 0.3) is 0 Å². The summed E-state index contributed by atoms with van der Waals surface area (Å²) >= 11 is 8.71. The fourth-order valence-electron chi connectivity index (χ4n) is 2.00. The molecule has 0 atom stereocenters. The Balaban J connectivity index is 1.56. The quantitative estimate of drug-likeness (QED) is 0.455. The Bertz CT molecular complexity index is 868. The number of ether oxygens (including phenoxy) is 1. The van der Waals surface area contributed by atoms with E-state index in [9.17, 15) is 4.79 Å². The Kier molecular flexibility index (Phi) is 5.91. The van der Waals surface area contributed by atoms with E-state index in [0.29, 0.717) is 21.5 Å². The SMILES string of the molecule is COc1ccc(C(=O)CSc2nnc(Nc3cccc(Cl)c3)s2)cc1. The summed E-state index contributed by atoms with van der Waals surface area (Å²) in [5.74, 6) is 1.07. The molecular weight excluding hydrogens is 378 g/mol. The van der Waals surface area contributed by atoms with Crippen LogP contribution in [-0.2, 0) is 0 Å². The van der Waals surface area contributed by atoms with Gasteiger partial charge in [0.05, 0.1) is 12.9 Å². The van der Waals surface area contributed by atoms with Crippen molar-refractivity contribution in [1.82, 2.24) is 10.2 Å². The number of nitrogens with zero attached hydrogens (tertiary/aromatic N) is 2. The van der Waals surface area contributed by atoms with E-state index in [1.165, 1.54) is 23.1 Å². The predicted octanol–water partition coefficient (Wildman–Crippen LogP) is 4.92. The molecular formula is C17H14ClN3O2S2. The average molecular weight is 392 g/mol. The molecule has 0 bridgehead atoms. The maximum atomic E-state index is 12.2. The van der Waals surface area contributed by atoms with Crippen molar-refractivity contribution in [3.05, 3.63) is 59.1 Å². The van der Waals surface area contributed by atoms with E-state index in [1.807, 2.05) is 18.2 Å². The number of anilines is 2. The van der Waals surface area contributed by atoms with Crippen molar-refractivity contribution in [3.63, 3.8) is 0 Å². The van der Waals surface area contributed by atoms with Crippen LogP contribution in [0, 0.1) is 0 Å². The number of rotatable bonds is 7. The number of benzene rings is 2. The predicted molar refractivity (Wildman–Crippen MR) is 103 cm³/mol. The number of carbonyl (C=O) groups excluding carboxylic acids is 1. The van der Waals surface area contributed by atoms with Crippen LogP contribution in [0.3, 0.4) is 0 Å². The maximum Gasteiger partial charge on any atom is 0.210 e. The fraction of sp³-hybridized carbons (Fsp3) is 0.118. The Morgan fingerprint density at radius 3 is 2.76 bits per heavy atom. The summed E-state index contributed by atoms with van der Waals surface area (Å²) in [4.78, 5) is 12.2. The number of nitrogens with one attached hydrogen (secondary N) is 1. The summed E-state index contributed by atoms with van der Waals surface area (Å²) in [6, 6.07) is 14.4. The molecule has 5 nitrogen and oxygen atoms in total. The van der Waals surface area contributed by atoms with E-state index in [4.69, 9.17) is 16.3 Å². The molecule has 3 rings (SSSR count). The van der Waals surface area contributed by atoms with Crippen LogP contribution >= 0.6 is 34.7 Å². The molecule has 128 valence electrons. The van der Waals surface area contributed by atoms with E-state index < -0.39 is 0 Å². The molecule has 0 amide bonds. The minimum absolute atomic E-state index is 0.0344. The number of methoxy groups -OCH3 is 1. The Hall–Kier alpha value is -2.09. The lowest BCUT2D eigenvalue weighted by Gasteiger charge is -2.02. The van der Waals surface area contributed by atoms with Crippen molar-refractivity contribution >= 4 is 51.3 Å². The minimum atomic E-state index is 0.0344. The monoisotopic (exact) mass is 391 g/mol. The second-order valence-corrected chi connectivity index (χ2v) is 7.59. The second-order valence-electron chi connectivity index (χ2n) is 4.95. The van der Waals surface area contributed by atoms with Crippen molar-refractivity contribution in [2.45, 2.75) is 4.34 Å². The zero-order chi connectivity index (χ0) is 17.6. The summed E-state index contributed by atoms with van der Waals surface area (Å²) < 4.78 is 5.82. The minimum Gasteiger partial charge on any atom is -0.497 e. The van der Waals surface area contributed by atoms with E-state index >= 15 is 0 Å². The highest BCUT2D eigenvalue weighted by molar-refractivity contribution is 8.01. The highest BCUT2D eigenvalue weighted by Gasteiger charge is 2.10. The largest absolute Gasteiger partial charge is 0.497 e. The van der Waals surface area contributed by atoms with E-state index in [1.54, 1.807) is 37.4 Å². The van der Waals surface area contributed by atoms with E-state index in [-0.39, 0.29) is 5.78 Å². The lowest BCUT2D eigenvalue weighted by molar-refractivity contribution is 0.102. The van der Waals surface area contributed by atoms with Crippen molar-refractivity contribution in [3.8, 4) is 5.75 Å². The highest BCUT2D eigenvalue weighted by atomic mass is 35.5. The van der Waals surface area contributed by atoms with Crippen LogP contribution in [0.25, 0.3) is 0 Å². The maximum absolute atomic E-state index is 12.2. The first-order chi connectivity index (χ1) is 12.1. The molecule has 0 fully saturated rings. The molecule has 0 aliphatic rings. The molecule has 1 N–H and O–H groups in total. The topological polar surface area (TPSA) is 64.1 Å². The van der Waals surface area contributed by atoms with Gasteiger partial charge in [-0.25, -0.2) is 0 Å². The Labute approximate surface area is 158 Å². The molecule has 0 aliphatic heterocycles. The van der Waals surface area contributed by atoms with Gasteiger partial charge in [-0.05, 0) is 42.5 Å². The van der Waals surface area contributed by atoms with Crippen molar-refractivity contribution in [2.75, 3.05) is 18.2 Å². The lowest BCUT2D eigenvalue weighted by Crippen LogP contribution is -2.02. The van der Waals surface area contributed by atoms with Crippen molar-refractivity contribution in [1.29, 1.82) is 0 Å². The summed E-state index contributed by atoms with van der Waals surface area (Å²) in [5, 5.41) is 12.6. The third-order valence-electron chi connectivity index (χ3n) is 3.22. The van der Waals surface area contributed by atoms with Crippen LogP contribution < -0.4 is 10.1 Å². The second kappa shape index (κ2) is 8.33. The molecule has 8 heteroatoms. The zero-order valence-corrected chi connectivity index (χ0v) is 15.6. The molecule has 2 aromatic carbocycles. The third kappa shape index (κ3) is 4.94. The van der Waals surface area contributed by atoms with Crippen LogP contribution in [0.2, 0.25) is 5.02 Å². The molecule has 1 heterocycles. The molecule has 0 radical (unpaired) electrons. The summed E-state index contributed by atoms with van der Waals surface area (Å²) in [6.07, 6.45) is 0. The van der Waals surface area contributed by atoms with Gasteiger partial charge >= 0.3 is 0 Å². The van der Waals surface area contributed by atoms with Gasteiger partial charge in [-0.3, -0.25) is 4.79 Å². The Morgan fingerprint density at radius 1 is 1.24 bits per heavy atom. The smallest absolute Gasteiger partial charge is 0.210 e. The fourth-order valence-corrected chi connectivity index (χ4v) is 3.85. The van der Waals surface area contributed by atoms with E-state index in [2.05, 4.69) is 15.5 Å². The lowest BCUT2D eigenvalue weighted by atomic mass is 10.1.